The average Bonchev–Trinajstić information content (AvgIpc) is 2.37. The summed E-state index contributed by atoms with van der Waals surface area (Å²) in [6.07, 6.45) is 1.30. The number of aliphatic hydroxyl groups excluding tert-OH is 1. The molecule has 0 aliphatic heterocycles. The molecule has 1 amide bonds. The molecule has 8 nitrogen and oxygen atoms in total. The van der Waals surface area contributed by atoms with Crippen LogP contribution in [0.15, 0.2) is 23.3 Å². The fourth-order valence-corrected chi connectivity index (χ4v) is 1.15. The Morgan fingerprint density at radius 1 is 1.61 bits per heavy atom. The second-order valence-electron chi connectivity index (χ2n) is 3.37. The van der Waals surface area contributed by atoms with Gasteiger partial charge in [0.15, 0.2) is 6.10 Å². The van der Waals surface area contributed by atoms with Crippen LogP contribution < -0.4 is 11.0 Å². The minimum absolute atomic E-state index is 0.236. The van der Waals surface area contributed by atoms with Gasteiger partial charge in [0.05, 0.1) is 13.7 Å². The molecule has 98 valence electrons. The van der Waals surface area contributed by atoms with Crippen LogP contribution in [0.25, 0.3) is 0 Å². The van der Waals surface area contributed by atoms with Crippen molar-refractivity contribution in [3.8, 4) is 0 Å². The fraction of sp³-hybridized carbons (Fsp3) is 0.400. The lowest BCUT2D eigenvalue weighted by atomic mass is 10.3. The summed E-state index contributed by atoms with van der Waals surface area (Å²) in [6, 6.07) is 1.51. The lowest BCUT2D eigenvalue weighted by molar-refractivity contribution is -0.150. The number of esters is 1. The molecule has 1 rings (SSSR count). The van der Waals surface area contributed by atoms with Gasteiger partial charge in [-0.3, -0.25) is 9.36 Å². The summed E-state index contributed by atoms with van der Waals surface area (Å²) in [7, 11) is 1.13. The predicted molar refractivity (Wildman–Crippen MR) is 59.5 cm³/mol. The summed E-state index contributed by atoms with van der Waals surface area (Å²) in [5, 5.41) is 11.5. The van der Waals surface area contributed by atoms with Gasteiger partial charge in [-0.1, -0.05) is 0 Å². The normalized spacial score (nSPS) is 11.7. The minimum Gasteiger partial charge on any atom is -0.467 e. The second-order valence-corrected chi connectivity index (χ2v) is 3.37. The Hall–Kier alpha value is -2.22. The molecule has 0 radical (unpaired) electrons. The third kappa shape index (κ3) is 3.98. The zero-order chi connectivity index (χ0) is 13.5. The molecule has 0 aromatic carbocycles. The summed E-state index contributed by atoms with van der Waals surface area (Å²) >= 11 is 0. The topological polar surface area (TPSA) is 111 Å². The molecule has 0 saturated heterocycles. The van der Waals surface area contributed by atoms with E-state index in [9.17, 15) is 19.5 Å². The van der Waals surface area contributed by atoms with E-state index in [2.05, 4.69) is 15.0 Å². The highest BCUT2D eigenvalue weighted by molar-refractivity contribution is 5.78. The van der Waals surface area contributed by atoms with Gasteiger partial charge in [0.1, 0.15) is 6.54 Å². The Balaban J connectivity index is 2.46. The Labute approximate surface area is 102 Å². The van der Waals surface area contributed by atoms with E-state index in [1.165, 1.54) is 18.5 Å². The van der Waals surface area contributed by atoms with Gasteiger partial charge in [-0.05, 0) is 6.07 Å². The van der Waals surface area contributed by atoms with Gasteiger partial charge in [0.25, 0.3) is 0 Å². The van der Waals surface area contributed by atoms with Crippen LogP contribution in [0.2, 0.25) is 0 Å². The number of ether oxygens (including phenoxy) is 1. The number of hydrogen-bond acceptors (Lipinski definition) is 6. The lowest BCUT2D eigenvalue weighted by Gasteiger charge is -2.10. The maximum Gasteiger partial charge on any atom is 0.347 e. The van der Waals surface area contributed by atoms with Crippen LogP contribution in [-0.2, 0) is 20.9 Å². The molecule has 1 aromatic rings. The second kappa shape index (κ2) is 6.50. The Kier molecular flexibility index (Phi) is 5.00. The number of hydrogen-bond donors (Lipinski definition) is 2. The first-order chi connectivity index (χ1) is 8.54. The Bertz CT molecular complexity index is 484. The van der Waals surface area contributed by atoms with Crippen molar-refractivity contribution in [2.75, 3.05) is 13.7 Å². The third-order valence-corrected chi connectivity index (χ3v) is 2.06. The van der Waals surface area contributed by atoms with Crippen molar-refractivity contribution in [1.29, 1.82) is 0 Å². The number of amides is 1. The molecule has 18 heavy (non-hydrogen) atoms. The van der Waals surface area contributed by atoms with Crippen LogP contribution >= 0.6 is 0 Å². The highest BCUT2D eigenvalue weighted by atomic mass is 16.5. The molecule has 0 fully saturated rings. The van der Waals surface area contributed by atoms with Crippen molar-refractivity contribution >= 4 is 11.9 Å². The first-order valence-electron chi connectivity index (χ1n) is 5.08. The zero-order valence-electron chi connectivity index (χ0n) is 9.70. The Morgan fingerprint density at radius 2 is 2.33 bits per heavy atom. The van der Waals surface area contributed by atoms with Crippen LogP contribution in [-0.4, -0.2) is 46.3 Å². The molecule has 0 spiro atoms. The first kappa shape index (κ1) is 13.8. The average molecular weight is 255 g/mol. The summed E-state index contributed by atoms with van der Waals surface area (Å²) < 4.78 is 5.37. The van der Waals surface area contributed by atoms with E-state index in [4.69, 9.17) is 0 Å². The highest BCUT2D eigenvalue weighted by Crippen LogP contribution is 1.86. The van der Waals surface area contributed by atoms with E-state index >= 15 is 0 Å². The monoisotopic (exact) mass is 255 g/mol. The van der Waals surface area contributed by atoms with E-state index in [1.54, 1.807) is 0 Å². The van der Waals surface area contributed by atoms with E-state index in [1.807, 2.05) is 0 Å². The maximum atomic E-state index is 11.4. The predicted octanol–water partition coefficient (Wildman–Crippen LogP) is -2.11. The van der Waals surface area contributed by atoms with Crippen LogP contribution in [0, 0.1) is 0 Å². The molecular formula is C10H13N3O5. The number of nitrogens with zero attached hydrogens (tertiary/aromatic N) is 2. The summed E-state index contributed by atoms with van der Waals surface area (Å²) in [5.41, 5.74) is -0.554. The van der Waals surface area contributed by atoms with Gasteiger partial charge in [-0.25, -0.2) is 14.6 Å². The molecule has 0 bridgehead atoms. The van der Waals surface area contributed by atoms with Crippen LogP contribution in [0.1, 0.15) is 0 Å². The summed E-state index contributed by atoms with van der Waals surface area (Å²) in [4.78, 5) is 36.9. The smallest absolute Gasteiger partial charge is 0.347 e. The number of carbonyl (C=O) groups excluding carboxylic acids is 2. The Morgan fingerprint density at radius 3 is 2.94 bits per heavy atom. The molecule has 2 N–H and O–H groups in total. The molecule has 1 aromatic heterocycles. The number of rotatable bonds is 5. The van der Waals surface area contributed by atoms with Crippen LogP contribution in [0.3, 0.4) is 0 Å². The molecule has 1 atom stereocenters. The first-order valence-corrected chi connectivity index (χ1v) is 5.08. The number of methoxy groups -OCH3 is 1. The van der Waals surface area contributed by atoms with Gasteiger partial charge < -0.3 is 15.2 Å². The van der Waals surface area contributed by atoms with Crippen molar-refractivity contribution in [3.63, 3.8) is 0 Å². The van der Waals surface area contributed by atoms with E-state index in [0.717, 1.165) is 11.7 Å². The third-order valence-electron chi connectivity index (χ3n) is 2.06. The number of carbonyl (C=O) groups is 2. The SMILES string of the molecule is COC(=O)C(O)CNC(=O)Cn1cccnc1=O. The molecule has 8 heteroatoms. The largest absolute Gasteiger partial charge is 0.467 e. The van der Waals surface area contributed by atoms with Crippen molar-refractivity contribution in [2.45, 2.75) is 12.6 Å². The van der Waals surface area contributed by atoms with Crippen LogP contribution in [0.5, 0.6) is 0 Å². The van der Waals surface area contributed by atoms with Gasteiger partial charge in [-0.2, -0.15) is 0 Å². The van der Waals surface area contributed by atoms with Gasteiger partial charge >= 0.3 is 11.7 Å². The van der Waals surface area contributed by atoms with Gasteiger partial charge in [-0.15, -0.1) is 0 Å². The van der Waals surface area contributed by atoms with Gasteiger partial charge in [0.2, 0.25) is 5.91 Å². The zero-order valence-corrected chi connectivity index (χ0v) is 9.70. The van der Waals surface area contributed by atoms with E-state index < -0.39 is 23.7 Å². The van der Waals surface area contributed by atoms with Crippen molar-refractivity contribution in [2.24, 2.45) is 0 Å². The van der Waals surface area contributed by atoms with Crippen molar-refractivity contribution < 1.29 is 19.4 Å². The molecule has 0 aliphatic rings. The quantitative estimate of drug-likeness (QED) is 0.583. The fourth-order valence-electron chi connectivity index (χ4n) is 1.15. The number of nitrogens with one attached hydrogen (secondary N) is 1. The van der Waals surface area contributed by atoms with E-state index in [0.29, 0.717) is 0 Å². The molecule has 1 unspecified atom stereocenters. The van der Waals surface area contributed by atoms with Crippen molar-refractivity contribution in [1.82, 2.24) is 14.9 Å². The molecule has 0 saturated carbocycles. The highest BCUT2D eigenvalue weighted by Gasteiger charge is 2.16. The van der Waals surface area contributed by atoms with E-state index in [-0.39, 0.29) is 13.1 Å². The number of aliphatic hydroxyl groups is 1. The lowest BCUT2D eigenvalue weighted by Crippen LogP contribution is -2.40. The number of aromatic nitrogens is 2. The minimum atomic E-state index is -1.43. The molecule has 0 aliphatic carbocycles. The maximum absolute atomic E-state index is 11.4. The molecule has 1 heterocycles. The van der Waals surface area contributed by atoms with Crippen LogP contribution in [0.4, 0.5) is 0 Å². The summed E-state index contributed by atoms with van der Waals surface area (Å²) in [6.45, 7) is -0.513. The summed E-state index contributed by atoms with van der Waals surface area (Å²) in [5.74, 6) is -1.36. The van der Waals surface area contributed by atoms with Crippen molar-refractivity contribution in [3.05, 3.63) is 28.9 Å². The van der Waals surface area contributed by atoms with Gasteiger partial charge in [0, 0.05) is 12.4 Å². The standard InChI is InChI=1S/C10H13N3O5/c1-18-9(16)7(14)5-12-8(15)6-13-4-2-3-11-10(13)17/h2-4,7,14H,5-6H2,1H3,(H,12,15). The molecular weight excluding hydrogens is 242 g/mol.